The number of thioether (sulfide) groups is 1. The van der Waals surface area contributed by atoms with E-state index in [1.165, 1.54) is 16.9 Å². The number of hydrogen-bond donors (Lipinski definition) is 2. The molecule has 1 aliphatic carbocycles. The van der Waals surface area contributed by atoms with Crippen LogP contribution < -0.4 is 0 Å². The summed E-state index contributed by atoms with van der Waals surface area (Å²) in [5.74, 6) is -0.0325. The minimum atomic E-state index is -1.00. The number of aliphatic hydroxyl groups is 1. The molecule has 30 heavy (non-hydrogen) atoms. The summed E-state index contributed by atoms with van der Waals surface area (Å²) >= 11 is 9.45. The number of aromatic carboxylic acids is 1. The van der Waals surface area contributed by atoms with Gasteiger partial charge in [0.05, 0.1) is 6.10 Å². The van der Waals surface area contributed by atoms with E-state index in [-0.39, 0.29) is 22.9 Å². The van der Waals surface area contributed by atoms with Crippen LogP contribution in [0.25, 0.3) is 6.08 Å². The Bertz CT molecular complexity index is 898. The minimum Gasteiger partial charge on any atom is -0.476 e. The lowest BCUT2D eigenvalue weighted by Crippen LogP contribution is -2.19. The van der Waals surface area contributed by atoms with Crippen LogP contribution in [-0.2, 0) is 6.42 Å². The molecule has 4 nitrogen and oxygen atoms in total. The van der Waals surface area contributed by atoms with Crippen molar-refractivity contribution in [2.24, 2.45) is 11.8 Å². The number of carbonyl (C=O) groups is 1. The molecule has 0 spiro atoms. The molecule has 3 rings (SSSR count). The minimum absolute atomic E-state index is 0.0100. The van der Waals surface area contributed by atoms with Gasteiger partial charge in [0.15, 0.2) is 10.0 Å². The zero-order valence-corrected chi connectivity index (χ0v) is 19.0. The fraction of sp³-hybridized carbons (Fsp3) is 0.391. The Labute approximate surface area is 190 Å². The molecule has 0 bridgehead atoms. The number of halogens is 1. The molecule has 2 aromatic rings. The van der Waals surface area contributed by atoms with Crippen molar-refractivity contribution in [3.8, 4) is 0 Å². The van der Waals surface area contributed by atoms with E-state index in [0.29, 0.717) is 6.42 Å². The number of aryl methyl sites for hydroxylation is 1. The number of nitrogens with zero attached hydrogens (tertiary/aromatic N) is 1. The van der Waals surface area contributed by atoms with Crippen molar-refractivity contribution >= 4 is 46.7 Å². The Balaban J connectivity index is 1.60. The second-order valence-corrected chi connectivity index (χ2v) is 10.2. The van der Waals surface area contributed by atoms with Crippen LogP contribution in [0.2, 0.25) is 0 Å². The Kier molecular flexibility index (Phi) is 8.57. The lowest BCUT2D eigenvalue weighted by Gasteiger charge is -2.20. The number of carboxylic acids is 1. The van der Waals surface area contributed by atoms with Crippen LogP contribution in [0.3, 0.4) is 0 Å². The fourth-order valence-corrected chi connectivity index (χ4v) is 6.17. The van der Waals surface area contributed by atoms with Crippen LogP contribution in [-0.4, -0.2) is 38.4 Å². The molecule has 1 aromatic heterocycles. The average Bonchev–Trinajstić information content (AvgIpc) is 3.30. The number of rotatable bonds is 10. The zero-order chi connectivity index (χ0) is 21.5. The lowest BCUT2D eigenvalue weighted by molar-refractivity contribution is 0.0691. The van der Waals surface area contributed by atoms with Crippen molar-refractivity contribution < 1.29 is 15.0 Å². The van der Waals surface area contributed by atoms with Gasteiger partial charge in [0, 0.05) is 22.4 Å². The van der Waals surface area contributed by atoms with E-state index in [1.54, 1.807) is 17.1 Å². The molecular weight excluding hydrogens is 438 g/mol. The van der Waals surface area contributed by atoms with Gasteiger partial charge in [-0.2, -0.15) is 0 Å². The Morgan fingerprint density at radius 1 is 1.43 bits per heavy atom. The molecule has 2 unspecified atom stereocenters. The van der Waals surface area contributed by atoms with Gasteiger partial charge in [-0.25, -0.2) is 9.78 Å². The standard InChI is InChI=1S/C23H26ClNO3S2/c1-2-3-5-15-6-4-7-16(12-15)8-9-18-17(19(24)13-21(18)26)10-11-29-23-25-20(14-30-23)22(27)28/h2,4,6-9,12,14,17-19,21,26H,1,3,5,10-11,13H2,(H,27,28)/t17?,18-,19-,21?/m1/s1. The Morgan fingerprint density at radius 3 is 3.00 bits per heavy atom. The maximum Gasteiger partial charge on any atom is 0.355 e. The number of hydrogen-bond acceptors (Lipinski definition) is 5. The lowest BCUT2D eigenvalue weighted by atomic mass is 9.91. The monoisotopic (exact) mass is 463 g/mol. The van der Waals surface area contributed by atoms with Crippen LogP contribution >= 0.6 is 34.7 Å². The van der Waals surface area contributed by atoms with Gasteiger partial charge in [-0.3, -0.25) is 0 Å². The van der Waals surface area contributed by atoms with Gasteiger partial charge in [0.2, 0.25) is 0 Å². The molecule has 7 heteroatoms. The summed E-state index contributed by atoms with van der Waals surface area (Å²) in [4.78, 5) is 15.1. The first kappa shape index (κ1) is 23.1. The molecule has 0 aliphatic heterocycles. The molecule has 1 saturated carbocycles. The second kappa shape index (κ2) is 11.1. The van der Waals surface area contributed by atoms with Crippen LogP contribution in [0.4, 0.5) is 0 Å². The number of benzene rings is 1. The second-order valence-electron chi connectivity index (χ2n) is 7.43. The number of thiazole rings is 1. The van der Waals surface area contributed by atoms with Crippen molar-refractivity contribution in [1.29, 1.82) is 0 Å². The number of aliphatic hydroxyl groups excluding tert-OH is 1. The maximum absolute atomic E-state index is 11.0. The van der Waals surface area contributed by atoms with E-state index in [0.717, 1.165) is 34.9 Å². The van der Waals surface area contributed by atoms with Crippen molar-refractivity contribution in [3.05, 3.63) is 65.2 Å². The van der Waals surface area contributed by atoms with E-state index < -0.39 is 12.1 Å². The van der Waals surface area contributed by atoms with Crippen LogP contribution in [0.5, 0.6) is 0 Å². The van der Waals surface area contributed by atoms with Crippen molar-refractivity contribution in [2.45, 2.75) is 41.5 Å². The maximum atomic E-state index is 11.0. The first-order valence-corrected chi connectivity index (χ1v) is 12.3. The highest BCUT2D eigenvalue weighted by Crippen LogP contribution is 2.40. The normalized spacial score (nSPS) is 23.8. The highest BCUT2D eigenvalue weighted by Gasteiger charge is 2.39. The van der Waals surface area contributed by atoms with Crippen molar-refractivity contribution in [1.82, 2.24) is 4.98 Å². The molecule has 1 aliphatic rings. The summed E-state index contributed by atoms with van der Waals surface area (Å²) in [7, 11) is 0. The molecule has 2 N–H and O–H groups in total. The van der Waals surface area contributed by atoms with Gasteiger partial charge in [-0.1, -0.05) is 54.3 Å². The number of alkyl halides is 1. The summed E-state index contributed by atoms with van der Waals surface area (Å²) in [5.41, 5.74) is 2.49. The predicted octanol–water partition coefficient (Wildman–Crippen LogP) is 5.76. The summed E-state index contributed by atoms with van der Waals surface area (Å²) in [5, 5.41) is 21.0. The highest BCUT2D eigenvalue weighted by molar-refractivity contribution is 8.01. The molecular formula is C23H26ClNO3S2. The van der Waals surface area contributed by atoms with Gasteiger partial charge in [0.25, 0.3) is 0 Å². The van der Waals surface area contributed by atoms with Gasteiger partial charge in [-0.05, 0) is 42.7 Å². The van der Waals surface area contributed by atoms with Gasteiger partial charge in [0.1, 0.15) is 0 Å². The van der Waals surface area contributed by atoms with E-state index in [9.17, 15) is 9.90 Å². The summed E-state index contributed by atoms with van der Waals surface area (Å²) < 4.78 is 0.750. The zero-order valence-electron chi connectivity index (χ0n) is 16.6. The topological polar surface area (TPSA) is 70.4 Å². The predicted molar refractivity (Wildman–Crippen MR) is 126 cm³/mol. The molecule has 0 amide bonds. The molecule has 160 valence electrons. The Hall–Kier alpha value is -1.60. The van der Waals surface area contributed by atoms with Crippen LogP contribution in [0.1, 0.15) is 40.9 Å². The largest absolute Gasteiger partial charge is 0.476 e. The van der Waals surface area contributed by atoms with Gasteiger partial charge < -0.3 is 10.2 Å². The number of aromatic nitrogens is 1. The third kappa shape index (κ3) is 6.20. The first-order valence-electron chi connectivity index (χ1n) is 9.99. The smallest absolute Gasteiger partial charge is 0.355 e. The molecule has 1 aromatic carbocycles. The SMILES string of the molecule is C=CCCc1cccc(C=C[C@H]2C(O)C[C@@H](Cl)C2CCSc2nc(C(=O)O)cs2)c1. The highest BCUT2D eigenvalue weighted by atomic mass is 35.5. The number of carboxylic acid groups (broad SMARTS) is 1. The number of allylic oxidation sites excluding steroid dienone is 1. The molecule has 0 radical (unpaired) electrons. The van der Waals surface area contributed by atoms with E-state index in [1.807, 2.05) is 6.08 Å². The van der Waals surface area contributed by atoms with E-state index in [4.69, 9.17) is 16.7 Å². The molecule has 1 heterocycles. The summed E-state index contributed by atoms with van der Waals surface area (Å²) in [6.45, 7) is 3.78. The molecule has 4 atom stereocenters. The van der Waals surface area contributed by atoms with Crippen molar-refractivity contribution in [3.63, 3.8) is 0 Å². The van der Waals surface area contributed by atoms with Crippen molar-refractivity contribution in [2.75, 3.05) is 5.75 Å². The molecule has 0 saturated heterocycles. The molecule has 1 fully saturated rings. The van der Waals surface area contributed by atoms with Gasteiger partial charge in [-0.15, -0.1) is 29.5 Å². The average molecular weight is 464 g/mol. The summed E-state index contributed by atoms with van der Waals surface area (Å²) in [6, 6.07) is 8.42. The quantitative estimate of drug-likeness (QED) is 0.266. The Morgan fingerprint density at radius 2 is 2.27 bits per heavy atom. The summed E-state index contributed by atoms with van der Waals surface area (Å²) in [6.07, 6.45) is 9.02. The van der Waals surface area contributed by atoms with Crippen LogP contribution in [0, 0.1) is 11.8 Å². The third-order valence-electron chi connectivity index (χ3n) is 5.35. The van der Waals surface area contributed by atoms with E-state index in [2.05, 4.69) is 48.0 Å². The van der Waals surface area contributed by atoms with E-state index >= 15 is 0 Å². The van der Waals surface area contributed by atoms with Gasteiger partial charge >= 0.3 is 5.97 Å². The fourth-order valence-electron chi connectivity index (χ4n) is 3.78. The van der Waals surface area contributed by atoms with Crippen LogP contribution in [0.15, 0.2) is 52.7 Å². The first-order chi connectivity index (χ1) is 14.5. The third-order valence-corrected chi connectivity index (χ3v) is 7.90.